The van der Waals surface area contributed by atoms with Crippen molar-refractivity contribution < 1.29 is 23.8 Å². The predicted molar refractivity (Wildman–Crippen MR) is 90.7 cm³/mol. The van der Waals surface area contributed by atoms with Gasteiger partial charge in [0.05, 0.1) is 18.8 Å². The van der Waals surface area contributed by atoms with E-state index in [1.54, 1.807) is 32.9 Å². The third-order valence-electron chi connectivity index (χ3n) is 3.25. The van der Waals surface area contributed by atoms with Crippen molar-refractivity contribution in [3.05, 3.63) is 23.9 Å². The number of carbonyl (C=O) groups excluding carboxylic acids is 2. The first kappa shape index (κ1) is 19.0. The normalized spacial score (nSPS) is 17.0. The van der Waals surface area contributed by atoms with E-state index in [1.165, 1.54) is 6.20 Å². The third kappa shape index (κ3) is 6.96. The number of alkyl carbamates (subject to hydrolysis) is 1. The molecule has 0 radical (unpaired) electrons. The van der Waals surface area contributed by atoms with Gasteiger partial charge in [-0.2, -0.15) is 0 Å². The zero-order valence-electron chi connectivity index (χ0n) is 14.8. The summed E-state index contributed by atoms with van der Waals surface area (Å²) in [6.45, 7) is 7.18. The Morgan fingerprint density at radius 3 is 2.64 bits per heavy atom. The number of pyridine rings is 1. The van der Waals surface area contributed by atoms with E-state index >= 15 is 0 Å². The van der Waals surface area contributed by atoms with Gasteiger partial charge in [-0.1, -0.05) is 0 Å². The molecule has 2 rings (SSSR count). The van der Waals surface area contributed by atoms with Crippen LogP contribution in [0.5, 0.6) is 5.88 Å². The summed E-state index contributed by atoms with van der Waals surface area (Å²) >= 11 is 0. The average Bonchev–Trinajstić information content (AvgIpc) is 3.03. The number of rotatable bonds is 6. The number of nitrogens with zero attached hydrogens (tertiary/aromatic N) is 1. The summed E-state index contributed by atoms with van der Waals surface area (Å²) in [5.74, 6) is 0.202. The molecule has 8 heteroatoms. The van der Waals surface area contributed by atoms with Crippen LogP contribution in [0.2, 0.25) is 0 Å². The lowest BCUT2D eigenvalue weighted by atomic mass is 10.2. The van der Waals surface area contributed by atoms with Gasteiger partial charge in [-0.15, -0.1) is 0 Å². The van der Waals surface area contributed by atoms with Crippen molar-refractivity contribution in [1.82, 2.24) is 15.6 Å². The molecule has 1 saturated heterocycles. The van der Waals surface area contributed by atoms with Crippen LogP contribution >= 0.6 is 0 Å². The molecule has 1 fully saturated rings. The highest BCUT2D eigenvalue weighted by Gasteiger charge is 2.18. The van der Waals surface area contributed by atoms with E-state index in [0.29, 0.717) is 24.7 Å². The van der Waals surface area contributed by atoms with Gasteiger partial charge in [-0.05, 0) is 26.8 Å². The maximum Gasteiger partial charge on any atom is 0.407 e. The first-order valence-corrected chi connectivity index (χ1v) is 8.29. The van der Waals surface area contributed by atoms with Crippen molar-refractivity contribution in [2.75, 3.05) is 26.3 Å². The first-order valence-electron chi connectivity index (χ1n) is 8.29. The molecule has 138 valence electrons. The summed E-state index contributed by atoms with van der Waals surface area (Å²) in [5, 5.41) is 5.27. The van der Waals surface area contributed by atoms with Crippen LogP contribution in [0.15, 0.2) is 18.3 Å². The van der Waals surface area contributed by atoms with Gasteiger partial charge in [0.25, 0.3) is 5.91 Å². The minimum absolute atomic E-state index is 0.0195. The fourth-order valence-electron chi connectivity index (χ4n) is 2.12. The van der Waals surface area contributed by atoms with E-state index in [2.05, 4.69) is 15.6 Å². The monoisotopic (exact) mass is 351 g/mol. The molecule has 2 amide bonds. The molecular formula is C17H25N3O5. The Kier molecular flexibility index (Phi) is 6.58. The van der Waals surface area contributed by atoms with Crippen LogP contribution in [0.1, 0.15) is 37.6 Å². The molecule has 0 spiro atoms. The molecule has 1 aliphatic rings. The molecule has 1 aliphatic heterocycles. The molecule has 0 aliphatic carbocycles. The molecule has 0 aromatic carbocycles. The summed E-state index contributed by atoms with van der Waals surface area (Å²) in [6.07, 6.45) is 1.81. The lowest BCUT2D eigenvalue weighted by molar-refractivity contribution is 0.0526. The summed E-state index contributed by atoms with van der Waals surface area (Å²) in [4.78, 5) is 27.6. The Bertz CT molecular complexity index is 577. The number of amides is 2. The second kappa shape index (κ2) is 8.66. The highest BCUT2D eigenvalue weighted by Crippen LogP contribution is 2.14. The second-order valence-electron chi connectivity index (χ2n) is 6.67. The maximum atomic E-state index is 12.0. The molecule has 1 aromatic heterocycles. The minimum Gasteiger partial charge on any atom is -0.472 e. The van der Waals surface area contributed by atoms with Crippen LogP contribution in [0.4, 0.5) is 4.79 Å². The fourth-order valence-corrected chi connectivity index (χ4v) is 2.12. The lowest BCUT2D eigenvalue weighted by Crippen LogP contribution is -2.37. The maximum absolute atomic E-state index is 12.0. The van der Waals surface area contributed by atoms with Gasteiger partial charge in [-0.3, -0.25) is 4.79 Å². The topological polar surface area (TPSA) is 98.8 Å². The van der Waals surface area contributed by atoms with Crippen molar-refractivity contribution in [2.24, 2.45) is 0 Å². The number of aromatic nitrogens is 1. The molecule has 2 N–H and O–H groups in total. The Morgan fingerprint density at radius 2 is 2.04 bits per heavy atom. The lowest BCUT2D eigenvalue weighted by Gasteiger charge is -2.19. The summed E-state index contributed by atoms with van der Waals surface area (Å²) < 4.78 is 16.0. The molecule has 1 aromatic rings. The van der Waals surface area contributed by atoms with Crippen molar-refractivity contribution in [2.45, 2.75) is 38.9 Å². The van der Waals surface area contributed by atoms with Gasteiger partial charge < -0.3 is 24.8 Å². The molecular weight excluding hydrogens is 326 g/mol. The minimum atomic E-state index is -0.548. The number of ether oxygens (including phenoxy) is 3. The highest BCUT2D eigenvalue weighted by atomic mass is 16.6. The average molecular weight is 351 g/mol. The van der Waals surface area contributed by atoms with Crippen molar-refractivity contribution in [1.29, 1.82) is 0 Å². The van der Waals surface area contributed by atoms with Crippen LogP contribution in [0.3, 0.4) is 0 Å². The van der Waals surface area contributed by atoms with Gasteiger partial charge in [0.15, 0.2) is 0 Å². The van der Waals surface area contributed by atoms with Gasteiger partial charge in [-0.25, -0.2) is 9.78 Å². The summed E-state index contributed by atoms with van der Waals surface area (Å²) in [5.41, 5.74) is -0.125. The van der Waals surface area contributed by atoms with Crippen LogP contribution in [0.25, 0.3) is 0 Å². The van der Waals surface area contributed by atoms with E-state index in [9.17, 15) is 9.59 Å². The zero-order chi connectivity index (χ0) is 18.3. The largest absolute Gasteiger partial charge is 0.472 e. The van der Waals surface area contributed by atoms with Crippen LogP contribution in [-0.4, -0.2) is 55.0 Å². The first-order chi connectivity index (χ1) is 11.8. The van der Waals surface area contributed by atoms with Gasteiger partial charge in [0, 0.05) is 31.8 Å². The second-order valence-corrected chi connectivity index (χ2v) is 6.67. The summed E-state index contributed by atoms with van der Waals surface area (Å²) in [7, 11) is 0. The fraction of sp³-hybridized carbons (Fsp3) is 0.588. The molecule has 1 unspecified atom stereocenters. The Balaban J connectivity index is 1.69. The van der Waals surface area contributed by atoms with E-state index in [-0.39, 0.29) is 25.1 Å². The molecule has 8 nitrogen and oxygen atoms in total. The van der Waals surface area contributed by atoms with Crippen LogP contribution in [0, 0.1) is 0 Å². The van der Waals surface area contributed by atoms with E-state index in [0.717, 1.165) is 6.42 Å². The van der Waals surface area contributed by atoms with Crippen LogP contribution < -0.4 is 15.4 Å². The van der Waals surface area contributed by atoms with E-state index in [1.807, 2.05) is 0 Å². The summed E-state index contributed by atoms with van der Waals surface area (Å²) in [6, 6.07) is 3.31. The number of nitrogens with one attached hydrogen (secondary N) is 2. The molecule has 0 bridgehead atoms. The molecule has 25 heavy (non-hydrogen) atoms. The Hall–Kier alpha value is -2.35. The highest BCUT2D eigenvalue weighted by molar-refractivity contribution is 5.93. The zero-order valence-corrected chi connectivity index (χ0v) is 14.8. The van der Waals surface area contributed by atoms with Gasteiger partial charge in [0.2, 0.25) is 5.88 Å². The number of hydrogen-bond donors (Lipinski definition) is 2. The smallest absolute Gasteiger partial charge is 0.407 e. The van der Waals surface area contributed by atoms with Crippen LogP contribution in [-0.2, 0) is 9.47 Å². The Labute approximate surface area is 147 Å². The van der Waals surface area contributed by atoms with Crippen molar-refractivity contribution >= 4 is 12.0 Å². The van der Waals surface area contributed by atoms with E-state index < -0.39 is 11.7 Å². The van der Waals surface area contributed by atoms with Gasteiger partial charge >= 0.3 is 6.09 Å². The predicted octanol–water partition coefficient (Wildman–Crippen LogP) is 1.50. The van der Waals surface area contributed by atoms with Crippen molar-refractivity contribution in [3.63, 3.8) is 0 Å². The quantitative estimate of drug-likeness (QED) is 0.754. The molecule has 2 heterocycles. The molecule has 1 atom stereocenters. The standard InChI is InChI=1S/C17H25N3O5/c1-17(2,3)25-16(22)19-8-7-18-15(21)12-4-5-14(20-10-12)24-13-6-9-23-11-13/h4-5,10,13H,6-9,11H2,1-3H3,(H,18,21)(H,19,22). The number of hydrogen-bond acceptors (Lipinski definition) is 6. The SMILES string of the molecule is CC(C)(C)OC(=O)NCCNC(=O)c1ccc(OC2CCOC2)nc1. The number of carbonyl (C=O) groups is 2. The van der Waals surface area contributed by atoms with Crippen molar-refractivity contribution in [3.8, 4) is 5.88 Å². The third-order valence-corrected chi connectivity index (χ3v) is 3.25. The molecule has 0 saturated carbocycles. The van der Waals surface area contributed by atoms with E-state index in [4.69, 9.17) is 14.2 Å². The Morgan fingerprint density at radius 1 is 1.28 bits per heavy atom. The van der Waals surface area contributed by atoms with Gasteiger partial charge in [0.1, 0.15) is 11.7 Å².